The summed E-state index contributed by atoms with van der Waals surface area (Å²) < 4.78 is 0. The summed E-state index contributed by atoms with van der Waals surface area (Å²) >= 11 is 0. The lowest BCUT2D eigenvalue weighted by atomic mass is 9.77. The number of nitrogens with two attached hydrogens (primary N) is 1. The summed E-state index contributed by atoms with van der Waals surface area (Å²) in [5.74, 6) is -1.10. The fourth-order valence-electron chi connectivity index (χ4n) is 6.66. The molecule has 234 valence electrons. The fraction of sp³-hybridized carbons (Fsp3) is 0.333. The minimum Gasteiger partial charge on any atom is -0.387 e. The Hall–Kier alpha value is -4.26. The van der Waals surface area contributed by atoms with Gasteiger partial charge in [-0.05, 0) is 48.9 Å². The Balaban J connectivity index is 1.62. The Morgan fingerprint density at radius 3 is 1.11 bits per heavy atom. The maximum absolute atomic E-state index is 14.7. The van der Waals surface area contributed by atoms with E-state index in [4.69, 9.17) is 5.73 Å². The molecule has 0 radical (unpaired) electrons. The summed E-state index contributed by atoms with van der Waals surface area (Å²) in [7, 11) is 0. The molecule has 0 bridgehead atoms. The van der Waals surface area contributed by atoms with Crippen LogP contribution in [0.25, 0.3) is 0 Å². The molecule has 45 heavy (non-hydrogen) atoms. The number of benzene rings is 4. The van der Waals surface area contributed by atoms with Gasteiger partial charge in [0.1, 0.15) is 5.41 Å². The van der Waals surface area contributed by atoms with Gasteiger partial charge in [0.05, 0.1) is 23.3 Å². The van der Waals surface area contributed by atoms with Crippen molar-refractivity contribution in [2.75, 3.05) is 0 Å². The third-order valence-corrected chi connectivity index (χ3v) is 9.67. The van der Waals surface area contributed by atoms with Crippen molar-refractivity contribution in [2.24, 2.45) is 11.1 Å². The van der Waals surface area contributed by atoms with Gasteiger partial charge in [0.2, 0.25) is 11.8 Å². The van der Waals surface area contributed by atoms with Crippen LogP contribution in [-0.4, -0.2) is 50.2 Å². The average molecular weight is 605 g/mol. The molecule has 0 aromatic heterocycles. The monoisotopic (exact) mass is 604 g/mol. The molecule has 0 saturated heterocycles. The predicted molar refractivity (Wildman–Crippen MR) is 177 cm³/mol. The van der Waals surface area contributed by atoms with Crippen molar-refractivity contribution in [2.45, 2.75) is 75.7 Å². The van der Waals surface area contributed by atoms with Gasteiger partial charge in [0.25, 0.3) is 0 Å². The molecule has 1 aliphatic rings. The lowest BCUT2D eigenvalue weighted by molar-refractivity contribution is -0.162. The van der Waals surface area contributed by atoms with Crippen LogP contribution in [0.1, 0.15) is 48.9 Å². The molecule has 1 aliphatic carbocycles. The molecule has 6 heteroatoms. The van der Waals surface area contributed by atoms with E-state index in [1.165, 1.54) is 0 Å². The predicted octanol–water partition coefficient (Wildman–Crippen LogP) is 5.29. The summed E-state index contributed by atoms with van der Waals surface area (Å²) in [6, 6.07) is 37.3. The Bertz CT molecular complexity index is 1370. The lowest BCUT2D eigenvalue weighted by Crippen LogP contribution is -2.66. The fourth-order valence-corrected chi connectivity index (χ4v) is 6.66. The molecule has 4 N–H and O–H groups in total. The van der Waals surface area contributed by atoms with Crippen LogP contribution in [0.3, 0.4) is 0 Å². The Morgan fingerprint density at radius 1 is 0.622 bits per heavy atom. The third-order valence-electron chi connectivity index (χ3n) is 9.67. The molecule has 4 aromatic rings. The molecular formula is C39H44N2O4. The molecule has 1 fully saturated rings. The van der Waals surface area contributed by atoms with Gasteiger partial charge < -0.3 is 20.8 Å². The standard InChI is InChI=1S/C39H44N2O4/c1-29(38(44,25-31-15-7-3-8-16-31)26-32-17-9-4-10-18-32)41(36(43)37(23-24-37)35(40)42)30(2)39(45,27-33-19-11-5-12-20-33)28-34-21-13-6-14-22-34/h3-22,29-30,44-45H,23-28H2,1-2H3,(H2,40,42). The van der Waals surface area contributed by atoms with Crippen LogP contribution < -0.4 is 5.73 Å². The van der Waals surface area contributed by atoms with Crippen LogP contribution in [0.5, 0.6) is 0 Å². The van der Waals surface area contributed by atoms with Gasteiger partial charge in [-0.3, -0.25) is 9.59 Å². The summed E-state index contributed by atoms with van der Waals surface area (Å²) in [5.41, 5.74) is 5.32. The maximum Gasteiger partial charge on any atom is 0.238 e. The van der Waals surface area contributed by atoms with Crippen LogP contribution >= 0.6 is 0 Å². The summed E-state index contributed by atoms with van der Waals surface area (Å²) in [6.45, 7) is 3.67. The normalized spacial score (nSPS) is 15.6. The van der Waals surface area contributed by atoms with Gasteiger partial charge in [0, 0.05) is 25.7 Å². The van der Waals surface area contributed by atoms with Crippen LogP contribution in [0.2, 0.25) is 0 Å². The first-order valence-corrected chi connectivity index (χ1v) is 15.8. The van der Waals surface area contributed by atoms with Crippen molar-refractivity contribution in [1.82, 2.24) is 4.90 Å². The van der Waals surface area contributed by atoms with Crippen LogP contribution in [0, 0.1) is 5.41 Å². The zero-order chi connectivity index (χ0) is 32.1. The van der Waals surface area contributed by atoms with Gasteiger partial charge in [-0.1, -0.05) is 121 Å². The molecule has 1 saturated carbocycles. The number of aliphatic hydroxyl groups is 2. The average Bonchev–Trinajstić information content (AvgIpc) is 3.86. The molecule has 2 amide bonds. The van der Waals surface area contributed by atoms with Gasteiger partial charge in [-0.2, -0.15) is 0 Å². The van der Waals surface area contributed by atoms with Gasteiger partial charge in [-0.25, -0.2) is 0 Å². The Kier molecular flexibility index (Phi) is 9.56. The first-order chi connectivity index (χ1) is 21.6. The Morgan fingerprint density at radius 2 is 0.889 bits per heavy atom. The molecule has 4 aromatic carbocycles. The second kappa shape index (κ2) is 13.4. The third kappa shape index (κ3) is 7.19. The van der Waals surface area contributed by atoms with Crippen LogP contribution in [0.15, 0.2) is 121 Å². The molecule has 5 rings (SSSR count). The number of carbonyl (C=O) groups excluding carboxylic acids is 2. The zero-order valence-corrected chi connectivity index (χ0v) is 26.2. The highest BCUT2D eigenvalue weighted by atomic mass is 16.3. The van der Waals surface area contributed by atoms with E-state index >= 15 is 0 Å². The number of primary amides is 1. The first-order valence-electron chi connectivity index (χ1n) is 15.8. The van der Waals surface area contributed by atoms with Crippen molar-refractivity contribution in [1.29, 1.82) is 0 Å². The largest absolute Gasteiger partial charge is 0.387 e. The van der Waals surface area contributed by atoms with Crippen molar-refractivity contribution < 1.29 is 19.8 Å². The highest BCUT2D eigenvalue weighted by Gasteiger charge is 2.60. The van der Waals surface area contributed by atoms with Crippen LogP contribution in [-0.2, 0) is 35.3 Å². The summed E-state index contributed by atoms with van der Waals surface area (Å²) in [6.07, 6.45) is 1.75. The van der Waals surface area contributed by atoms with Gasteiger partial charge in [-0.15, -0.1) is 0 Å². The van der Waals surface area contributed by atoms with E-state index in [9.17, 15) is 19.8 Å². The van der Waals surface area contributed by atoms with E-state index in [0.29, 0.717) is 12.8 Å². The van der Waals surface area contributed by atoms with Crippen molar-refractivity contribution in [3.05, 3.63) is 144 Å². The van der Waals surface area contributed by atoms with E-state index in [1.807, 2.05) is 135 Å². The highest BCUT2D eigenvalue weighted by Crippen LogP contribution is 2.49. The van der Waals surface area contributed by atoms with Crippen LogP contribution in [0.4, 0.5) is 0 Å². The van der Waals surface area contributed by atoms with E-state index < -0.39 is 40.5 Å². The quantitative estimate of drug-likeness (QED) is 0.170. The van der Waals surface area contributed by atoms with E-state index in [1.54, 1.807) is 4.90 Å². The smallest absolute Gasteiger partial charge is 0.238 e. The topological polar surface area (TPSA) is 104 Å². The second-order valence-corrected chi connectivity index (χ2v) is 12.9. The van der Waals surface area contributed by atoms with Gasteiger partial charge >= 0.3 is 0 Å². The summed E-state index contributed by atoms with van der Waals surface area (Å²) in [5, 5.41) is 25.5. The number of carbonyl (C=O) groups is 2. The van der Waals surface area contributed by atoms with E-state index in [2.05, 4.69) is 0 Å². The number of hydrogen-bond acceptors (Lipinski definition) is 4. The Labute approximate surface area is 266 Å². The molecule has 6 nitrogen and oxygen atoms in total. The van der Waals surface area contributed by atoms with Crippen molar-refractivity contribution in [3.63, 3.8) is 0 Å². The molecule has 0 aliphatic heterocycles. The molecule has 0 spiro atoms. The minimum absolute atomic E-state index is 0.264. The zero-order valence-electron chi connectivity index (χ0n) is 26.2. The SMILES string of the molecule is CC(N(C(=O)C1(C(N)=O)CC1)C(C)C(O)(Cc1ccccc1)Cc1ccccc1)C(O)(Cc1ccccc1)Cc1ccccc1. The number of amides is 2. The lowest BCUT2D eigenvalue weighted by Gasteiger charge is -2.49. The van der Waals surface area contributed by atoms with Crippen molar-refractivity contribution in [3.8, 4) is 0 Å². The maximum atomic E-state index is 14.7. The molecule has 0 heterocycles. The molecular weight excluding hydrogens is 560 g/mol. The van der Waals surface area contributed by atoms with E-state index in [-0.39, 0.29) is 25.7 Å². The van der Waals surface area contributed by atoms with Crippen molar-refractivity contribution >= 4 is 11.8 Å². The highest BCUT2D eigenvalue weighted by molar-refractivity contribution is 6.07. The second-order valence-electron chi connectivity index (χ2n) is 12.9. The minimum atomic E-state index is -1.44. The first kappa shape index (κ1) is 32.1. The number of rotatable bonds is 14. The van der Waals surface area contributed by atoms with E-state index in [0.717, 1.165) is 22.3 Å². The number of nitrogens with zero attached hydrogens (tertiary/aromatic N) is 1. The van der Waals surface area contributed by atoms with Gasteiger partial charge in [0.15, 0.2) is 0 Å². The summed E-state index contributed by atoms with van der Waals surface area (Å²) in [4.78, 5) is 29.0. The number of hydrogen-bond donors (Lipinski definition) is 3. The molecule has 2 unspecified atom stereocenters. The molecule has 2 atom stereocenters.